The van der Waals surface area contributed by atoms with Crippen LogP contribution in [0, 0.1) is 0 Å². The third-order valence-corrected chi connectivity index (χ3v) is 4.80. The SMILES string of the molecule is COc1cc(/C=C2/C(=O)NC(=O)N(c3cc(C(F)(F)F)ccc3Cl)C2=O)ccc1OC(C)C. The molecule has 0 atom stereocenters. The van der Waals surface area contributed by atoms with Crippen molar-refractivity contribution in [3.05, 3.63) is 58.1 Å². The van der Waals surface area contributed by atoms with E-state index in [1.54, 1.807) is 12.1 Å². The zero-order chi connectivity index (χ0) is 24.5. The number of rotatable bonds is 5. The molecule has 0 aromatic heterocycles. The van der Waals surface area contributed by atoms with Crippen LogP contribution in [0.2, 0.25) is 5.02 Å². The number of alkyl halides is 3. The Morgan fingerprint density at radius 3 is 2.36 bits per heavy atom. The number of imide groups is 2. The molecule has 0 unspecified atom stereocenters. The Kier molecular flexibility index (Phi) is 6.68. The van der Waals surface area contributed by atoms with Gasteiger partial charge in [0.05, 0.1) is 29.5 Å². The van der Waals surface area contributed by atoms with Crippen molar-refractivity contribution in [2.75, 3.05) is 12.0 Å². The number of ether oxygens (including phenoxy) is 2. The van der Waals surface area contributed by atoms with Crippen LogP contribution in [0.4, 0.5) is 23.7 Å². The van der Waals surface area contributed by atoms with E-state index in [-0.39, 0.29) is 11.1 Å². The van der Waals surface area contributed by atoms with E-state index in [0.717, 1.165) is 6.07 Å². The van der Waals surface area contributed by atoms with E-state index in [4.69, 9.17) is 21.1 Å². The Morgan fingerprint density at radius 2 is 1.76 bits per heavy atom. The highest BCUT2D eigenvalue weighted by molar-refractivity contribution is 6.42. The number of benzene rings is 2. The minimum Gasteiger partial charge on any atom is -0.493 e. The molecular weight excluding hydrogens is 465 g/mol. The van der Waals surface area contributed by atoms with Crippen LogP contribution in [-0.2, 0) is 15.8 Å². The summed E-state index contributed by atoms with van der Waals surface area (Å²) in [7, 11) is 1.41. The molecule has 0 saturated carbocycles. The summed E-state index contributed by atoms with van der Waals surface area (Å²) < 4.78 is 50.3. The van der Waals surface area contributed by atoms with E-state index in [9.17, 15) is 27.6 Å². The molecule has 1 saturated heterocycles. The molecule has 174 valence electrons. The molecule has 33 heavy (non-hydrogen) atoms. The van der Waals surface area contributed by atoms with Gasteiger partial charge in [0, 0.05) is 0 Å². The summed E-state index contributed by atoms with van der Waals surface area (Å²) in [6.07, 6.45) is -3.69. The summed E-state index contributed by atoms with van der Waals surface area (Å²) >= 11 is 5.98. The summed E-state index contributed by atoms with van der Waals surface area (Å²) in [5.41, 5.74) is -1.75. The monoisotopic (exact) mass is 482 g/mol. The number of anilines is 1. The zero-order valence-corrected chi connectivity index (χ0v) is 18.4. The lowest BCUT2D eigenvalue weighted by Crippen LogP contribution is -2.54. The smallest absolute Gasteiger partial charge is 0.416 e. The van der Waals surface area contributed by atoms with E-state index in [0.29, 0.717) is 34.1 Å². The maximum absolute atomic E-state index is 13.1. The highest BCUT2D eigenvalue weighted by Crippen LogP contribution is 2.37. The van der Waals surface area contributed by atoms with Gasteiger partial charge in [0.25, 0.3) is 11.8 Å². The van der Waals surface area contributed by atoms with Crippen molar-refractivity contribution in [2.24, 2.45) is 0 Å². The third kappa shape index (κ3) is 5.11. The number of carbonyl (C=O) groups is 3. The maximum Gasteiger partial charge on any atom is 0.416 e. The molecule has 2 aromatic rings. The van der Waals surface area contributed by atoms with Crippen LogP contribution in [0.3, 0.4) is 0 Å². The van der Waals surface area contributed by atoms with Gasteiger partial charge in [-0.3, -0.25) is 14.9 Å². The summed E-state index contributed by atoms with van der Waals surface area (Å²) in [6, 6.07) is 5.60. The van der Waals surface area contributed by atoms with Crippen LogP contribution in [0.25, 0.3) is 6.08 Å². The van der Waals surface area contributed by atoms with E-state index in [1.165, 1.54) is 19.3 Å². The van der Waals surface area contributed by atoms with E-state index in [1.807, 2.05) is 19.2 Å². The van der Waals surface area contributed by atoms with Gasteiger partial charge in [-0.15, -0.1) is 0 Å². The van der Waals surface area contributed by atoms with Gasteiger partial charge in [0.1, 0.15) is 5.57 Å². The van der Waals surface area contributed by atoms with Crippen molar-refractivity contribution < 1.29 is 37.0 Å². The lowest BCUT2D eigenvalue weighted by molar-refractivity contribution is -0.137. The molecule has 0 aliphatic carbocycles. The molecule has 0 radical (unpaired) electrons. The minimum absolute atomic E-state index is 0.134. The van der Waals surface area contributed by atoms with Crippen LogP contribution in [0.15, 0.2) is 42.0 Å². The molecule has 0 spiro atoms. The van der Waals surface area contributed by atoms with Gasteiger partial charge in [-0.1, -0.05) is 17.7 Å². The largest absolute Gasteiger partial charge is 0.493 e. The second-order valence-corrected chi connectivity index (χ2v) is 7.61. The summed E-state index contributed by atoms with van der Waals surface area (Å²) in [5.74, 6) is -1.38. The molecule has 11 heteroatoms. The molecule has 4 amide bonds. The first kappa shape index (κ1) is 24.1. The first-order chi connectivity index (χ1) is 15.4. The number of hydrogen-bond acceptors (Lipinski definition) is 5. The fraction of sp³-hybridized carbons (Fsp3) is 0.227. The van der Waals surface area contributed by atoms with Gasteiger partial charge >= 0.3 is 12.2 Å². The molecular formula is C22H18ClF3N2O5. The quantitative estimate of drug-likeness (QED) is 0.488. The fourth-order valence-corrected chi connectivity index (χ4v) is 3.23. The van der Waals surface area contributed by atoms with Gasteiger partial charge in [-0.2, -0.15) is 13.2 Å². The molecule has 1 heterocycles. The van der Waals surface area contributed by atoms with Crippen LogP contribution < -0.4 is 19.7 Å². The maximum atomic E-state index is 13.1. The van der Waals surface area contributed by atoms with Gasteiger partial charge < -0.3 is 9.47 Å². The molecule has 1 aliphatic rings. The minimum atomic E-state index is -4.74. The predicted molar refractivity (Wildman–Crippen MR) is 114 cm³/mol. The van der Waals surface area contributed by atoms with Gasteiger partial charge in [0.15, 0.2) is 11.5 Å². The first-order valence-corrected chi connectivity index (χ1v) is 9.93. The third-order valence-electron chi connectivity index (χ3n) is 4.48. The highest BCUT2D eigenvalue weighted by Gasteiger charge is 2.39. The van der Waals surface area contributed by atoms with Gasteiger partial charge in [-0.05, 0) is 55.8 Å². The average molecular weight is 483 g/mol. The topological polar surface area (TPSA) is 84.9 Å². The number of hydrogen-bond donors (Lipinski definition) is 1. The first-order valence-electron chi connectivity index (χ1n) is 9.55. The second kappa shape index (κ2) is 9.14. The van der Waals surface area contributed by atoms with Crippen molar-refractivity contribution in [3.63, 3.8) is 0 Å². The highest BCUT2D eigenvalue weighted by atomic mass is 35.5. The normalized spacial score (nSPS) is 15.8. The lowest BCUT2D eigenvalue weighted by Gasteiger charge is -2.27. The Morgan fingerprint density at radius 1 is 1.06 bits per heavy atom. The summed E-state index contributed by atoms with van der Waals surface area (Å²) in [5, 5.41) is 1.66. The average Bonchev–Trinajstić information content (AvgIpc) is 2.72. The number of nitrogens with zero attached hydrogens (tertiary/aromatic N) is 1. The lowest BCUT2D eigenvalue weighted by atomic mass is 10.1. The Balaban J connectivity index is 2.04. The number of urea groups is 1. The molecule has 1 N–H and O–H groups in total. The van der Waals surface area contributed by atoms with E-state index in [2.05, 4.69) is 0 Å². The predicted octanol–water partition coefficient (Wildman–Crippen LogP) is 4.82. The van der Waals surface area contributed by atoms with Crippen molar-refractivity contribution in [2.45, 2.75) is 26.1 Å². The number of carbonyl (C=O) groups excluding carboxylic acids is 3. The molecule has 2 aromatic carbocycles. The zero-order valence-electron chi connectivity index (χ0n) is 17.6. The molecule has 3 rings (SSSR count). The summed E-state index contributed by atoms with van der Waals surface area (Å²) in [4.78, 5) is 38.1. The number of barbiturate groups is 1. The number of nitrogens with one attached hydrogen (secondary N) is 1. The fourth-order valence-electron chi connectivity index (χ4n) is 3.03. The number of methoxy groups -OCH3 is 1. The molecule has 1 aliphatic heterocycles. The van der Waals surface area contributed by atoms with Crippen LogP contribution in [0.5, 0.6) is 11.5 Å². The van der Waals surface area contributed by atoms with Crippen molar-refractivity contribution in [1.82, 2.24) is 5.32 Å². The van der Waals surface area contributed by atoms with Crippen molar-refractivity contribution in [3.8, 4) is 11.5 Å². The molecule has 0 bridgehead atoms. The van der Waals surface area contributed by atoms with Crippen molar-refractivity contribution >= 4 is 41.2 Å². The van der Waals surface area contributed by atoms with E-state index >= 15 is 0 Å². The Bertz CT molecular complexity index is 1160. The summed E-state index contributed by atoms with van der Waals surface area (Å²) in [6.45, 7) is 3.65. The van der Waals surface area contributed by atoms with Crippen LogP contribution in [0.1, 0.15) is 25.0 Å². The van der Waals surface area contributed by atoms with Gasteiger partial charge in [-0.25, -0.2) is 9.69 Å². The van der Waals surface area contributed by atoms with Crippen LogP contribution in [-0.4, -0.2) is 31.1 Å². The van der Waals surface area contributed by atoms with Crippen LogP contribution >= 0.6 is 11.6 Å². The van der Waals surface area contributed by atoms with E-state index < -0.39 is 40.8 Å². The molecule has 7 nitrogen and oxygen atoms in total. The van der Waals surface area contributed by atoms with Crippen molar-refractivity contribution in [1.29, 1.82) is 0 Å². The van der Waals surface area contributed by atoms with Gasteiger partial charge in [0.2, 0.25) is 0 Å². The second-order valence-electron chi connectivity index (χ2n) is 7.20. The standard InChI is InChI=1S/C22H18ClF3N2O5/c1-11(2)33-17-7-4-12(9-18(17)32-3)8-14-19(29)27-21(31)28(20(14)30)16-10-13(22(24,25)26)5-6-15(16)23/h4-11H,1-3H3,(H,27,29,31)/b14-8-. The number of halogens is 4. The molecule has 1 fully saturated rings. The number of amides is 4. The Hall–Kier alpha value is -3.53. The Labute approximate surface area is 191 Å².